The van der Waals surface area contributed by atoms with Gasteiger partial charge in [-0.25, -0.2) is 0 Å². The average molecular weight is 212 g/mol. The maximum absolute atomic E-state index is 11.1. The van der Waals surface area contributed by atoms with Crippen LogP contribution in [0.2, 0.25) is 0 Å². The predicted molar refractivity (Wildman–Crippen MR) is 58.7 cm³/mol. The molecule has 0 N–H and O–H groups in total. The molecular formula is C12H20O3. The lowest BCUT2D eigenvalue weighted by Gasteiger charge is -1.99. The van der Waals surface area contributed by atoms with Crippen LogP contribution in [0.5, 0.6) is 0 Å². The van der Waals surface area contributed by atoms with E-state index < -0.39 is 0 Å². The summed E-state index contributed by atoms with van der Waals surface area (Å²) >= 11 is 0. The molecule has 0 aliphatic carbocycles. The number of aldehydes is 2. The SMILES string of the molecule is O=CCCCCCCCC(=O)CCC=O. The van der Waals surface area contributed by atoms with Gasteiger partial charge >= 0.3 is 0 Å². The zero-order chi connectivity index (χ0) is 11.4. The van der Waals surface area contributed by atoms with E-state index in [4.69, 9.17) is 0 Å². The van der Waals surface area contributed by atoms with Crippen molar-refractivity contribution in [3.63, 3.8) is 0 Å². The Morgan fingerprint density at radius 2 is 1.33 bits per heavy atom. The van der Waals surface area contributed by atoms with Crippen molar-refractivity contribution in [1.29, 1.82) is 0 Å². The zero-order valence-corrected chi connectivity index (χ0v) is 9.24. The van der Waals surface area contributed by atoms with Crippen LogP contribution < -0.4 is 0 Å². The molecule has 0 aromatic carbocycles. The molecule has 3 nitrogen and oxygen atoms in total. The third kappa shape index (κ3) is 10.9. The molecule has 0 bridgehead atoms. The summed E-state index contributed by atoms with van der Waals surface area (Å²) in [4.78, 5) is 31.1. The van der Waals surface area contributed by atoms with Crippen LogP contribution in [0, 0.1) is 0 Å². The van der Waals surface area contributed by atoms with E-state index in [2.05, 4.69) is 0 Å². The van der Waals surface area contributed by atoms with Gasteiger partial charge in [0.2, 0.25) is 0 Å². The zero-order valence-electron chi connectivity index (χ0n) is 9.24. The van der Waals surface area contributed by atoms with Gasteiger partial charge in [0.1, 0.15) is 18.4 Å². The van der Waals surface area contributed by atoms with E-state index in [1.165, 1.54) is 0 Å². The van der Waals surface area contributed by atoms with Crippen molar-refractivity contribution in [1.82, 2.24) is 0 Å². The smallest absolute Gasteiger partial charge is 0.133 e. The van der Waals surface area contributed by atoms with Crippen molar-refractivity contribution < 1.29 is 14.4 Å². The van der Waals surface area contributed by atoms with E-state index in [0.29, 0.717) is 25.7 Å². The van der Waals surface area contributed by atoms with Crippen LogP contribution in [0.4, 0.5) is 0 Å². The minimum Gasteiger partial charge on any atom is -0.303 e. The van der Waals surface area contributed by atoms with Gasteiger partial charge in [-0.05, 0) is 12.8 Å². The molecule has 0 heterocycles. The van der Waals surface area contributed by atoms with Crippen LogP contribution in [-0.4, -0.2) is 18.4 Å². The Balaban J connectivity index is 3.12. The molecule has 0 radical (unpaired) electrons. The van der Waals surface area contributed by atoms with E-state index in [1.807, 2.05) is 0 Å². The molecule has 0 atom stereocenters. The molecule has 15 heavy (non-hydrogen) atoms. The van der Waals surface area contributed by atoms with E-state index in [-0.39, 0.29) is 5.78 Å². The summed E-state index contributed by atoms with van der Waals surface area (Å²) in [5.74, 6) is 0.190. The summed E-state index contributed by atoms with van der Waals surface area (Å²) in [7, 11) is 0. The molecule has 0 saturated heterocycles. The minimum atomic E-state index is 0.190. The number of Topliss-reactive ketones (excluding diaryl/α,β-unsaturated/α-hetero) is 1. The summed E-state index contributed by atoms with van der Waals surface area (Å²) in [5, 5.41) is 0. The molecule has 0 aromatic rings. The number of hydrogen-bond donors (Lipinski definition) is 0. The Morgan fingerprint density at radius 1 is 0.733 bits per heavy atom. The Morgan fingerprint density at radius 3 is 2.00 bits per heavy atom. The minimum absolute atomic E-state index is 0.190. The number of carbonyl (C=O) groups is 3. The molecule has 0 amide bonds. The van der Waals surface area contributed by atoms with Gasteiger partial charge < -0.3 is 9.59 Å². The molecule has 0 aromatic heterocycles. The van der Waals surface area contributed by atoms with Crippen molar-refractivity contribution in [3.05, 3.63) is 0 Å². The molecule has 0 saturated carbocycles. The summed E-state index contributed by atoms with van der Waals surface area (Å²) in [6.07, 6.45) is 8.83. The van der Waals surface area contributed by atoms with Gasteiger partial charge in [-0.1, -0.05) is 19.3 Å². The predicted octanol–water partition coefficient (Wildman–Crippen LogP) is 2.46. The molecule has 0 rings (SSSR count). The third-order valence-electron chi connectivity index (χ3n) is 2.32. The standard InChI is InChI=1S/C12H20O3/c13-10-6-4-2-1-3-5-8-12(15)9-7-11-14/h10-11H,1-9H2. The van der Waals surface area contributed by atoms with Crippen molar-refractivity contribution in [2.45, 2.75) is 57.8 Å². The molecule has 0 unspecified atom stereocenters. The molecule has 3 heteroatoms. The first-order chi connectivity index (χ1) is 7.31. The van der Waals surface area contributed by atoms with Crippen LogP contribution in [0.15, 0.2) is 0 Å². The third-order valence-corrected chi connectivity index (χ3v) is 2.32. The molecule has 0 fully saturated rings. The fourth-order valence-corrected chi connectivity index (χ4v) is 1.43. The molecule has 0 aliphatic rings. The fraction of sp³-hybridized carbons (Fsp3) is 0.750. The monoisotopic (exact) mass is 212 g/mol. The van der Waals surface area contributed by atoms with Gasteiger partial charge in [-0.2, -0.15) is 0 Å². The number of rotatable bonds is 11. The lowest BCUT2D eigenvalue weighted by molar-refractivity contribution is -0.120. The molecule has 0 spiro atoms. The molecular weight excluding hydrogens is 192 g/mol. The lowest BCUT2D eigenvalue weighted by Crippen LogP contribution is -1.97. The van der Waals surface area contributed by atoms with Crippen molar-refractivity contribution >= 4 is 18.4 Å². The maximum Gasteiger partial charge on any atom is 0.133 e. The van der Waals surface area contributed by atoms with Crippen LogP contribution >= 0.6 is 0 Å². The number of carbonyl (C=O) groups excluding carboxylic acids is 3. The van der Waals surface area contributed by atoms with E-state index in [1.54, 1.807) is 0 Å². The first-order valence-electron chi connectivity index (χ1n) is 5.70. The second kappa shape index (κ2) is 11.1. The molecule has 0 aliphatic heterocycles. The highest BCUT2D eigenvalue weighted by molar-refractivity contribution is 5.80. The lowest BCUT2D eigenvalue weighted by atomic mass is 10.1. The highest BCUT2D eigenvalue weighted by atomic mass is 16.1. The van der Waals surface area contributed by atoms with Gasteiger partial charge in [0, 0.05) is 25.7 Å². The van der Waals surface area contributed by atoms with Crippen LogP contribution in [-0.2, 0) is 14.4 Å². The summed E-state index contributed by atoms with van der Waals surface area (Å²) in [5.41, 5.74) is 0. The van der Waals surface area contributed by atoms with Gasteiger partial charge in [-0.3, -0.25) is 4.79 Å². The van der Waals surface area contributed by atoms with Gasteiger partial charge in [-0.15, -0.1) is 0 Å². The van der Waals surface area contributed by atoms with Crippen LogP contribution in [0.25, 0.3) is 0 Å². The Labute approximate surface area is 91.2 Å². The van der Waals surface area contributed by atoms with Gasteiger partial charge in [0.25, 0.3) is 0 Å². The second-order valence-corrected chi connectivity index (χ2v) is 3.72. The highest BCUT2D eigenvalue weighted by Crippen LogP contribution is 2.07. The number of ketones is 1. The quantitative estimate of drug-likeness (QED) is 0.390. The van der Waals surface area contributed by atoms with Crippen LogP contribution in [0.1, 0.15) is 57.8 Å². The Hall–Kier alpha value is -0.990. The first-order valence-corrected chi connectivity index (χ1v) is 5.70. The molecule has 86 valence electrons. The topological polar surface area (TPSA) is 51.2 Å². The average Bonchev–Trinajstić information content (AvgIpc) is 2.25. The van der Waals surface area contributed by atoms with Gasteiger partial charge in [0.15, 0.2) is 0 Å². The van der Waals surface area contributed by atoms with Crippen LogP contribution in [0.3, 0.4) is 0 Å². The summed E-state index contributed by atoms with van der Waals surface area (Å²) in [6, 6.07) is 0. The highest BCUT2D eigenvalue weighted by Gasteiger charge is 2.00. The van der Waals surface area contributed by atoms with Gasteiger partial charge in [0.05, 0.1) is 0 Å². The number of unbranched alkanes of at least 4 members (excludes halogenated alkanes) is 5. The first kappa shape index (κ1) is 14.0. The largest absolute Gasteiger partial charge is 0.303 e. The Bertz CT molecular complexity index is 187. The Kier molecular flexibility index (Phi) is 10.4. The van der Waals surface area contributed by atoms with E-state index >= 15 is 0 Å². The number of hydrogen-bond acceptors (Lipinski definition) is 3. The van der Waals surface area contributed by atoms with Crippen molar-refractivity contribution in [3.8, 4) is 0 Å². The van der Waals surface area contributed by atoms with Crippen molar-refractivity contribution in [2.24, 2.45) is 0 Å². The fourth-order valence-electron chi connectivity index (χ4n) is 1.43. The summed E-state index contributed by atoms with van der Waals surface area (Å²) < 4.78 is 0. The van der Waals surface area contributed by atoms with E-state index in [0.717, 1.165) is 44.7 Å². The van der Waals surface area contributed by atoms with Crippen molar-refractivity contribution in [2.75, 3.05) is 0 Å². The maximum atomic E-state index is 11.1. The van der Waals surface area contributed by atoms with E-state index in [9.17, 15) is 14.4 Å². The summed E-state index contributed by atoms with van der Waals surface area (Å²) in [6.45, 7) is 0. The normalized spacial score (nSPS) is 9.87. The second-order valence-electron chi connectivity index (χ2n) is 3.72.